The van der Waals surface area contributed by atoms with E-state index in [4.69, 9.17) is 21.6 Å². The third-order valence-corrected chi connectivity index (χ3v) is 3.49. The number of hydrogen-bond donors (Lipinski definition) is 0. The van der Waals surface area contributed by atoms with Gasteiger partial charge in [0.05, 0.1) is 18.2 Å². The van der Waals surface area contributed by atoms with E-state index in [1.54, 1.807) is 6.07 Å². The average Bonchev–Trinajstić information content (AvgIpc) is 2.46. The zero-order valence-corrected chi connectivity index (χ0v) is 11.7. The number of morpholine rings is 1. The number of halogens is 1. The molecule has 0 aliphatic carbocycles. The second-order valence-corrected chi connectivity index (χ2v) is 4.89. The van der Waals surface area contributed by atoms with Gasteiger partial charge in [-0.3, -0.25) is 4.90 Å². The van der Waals surface area contributed by atoms with E-state index in [1.165, 1.54) is 0 Å². The smallest absolute Gasteiger partial charge is 0.161 e. The summed E-state index contributed by atoms with van der Waals surface area (Å²) in [5.41, 5.74) is 0.275. The fourth-order valence-electron chi connectivity index (χ4n) is 1.95. The monoisotopic (exact) mass is 280 g/mol. The number of likely N-dealkylation sites (N-methyl/N-ethyl adjacent to an activating group) is 1. The lowest BCUT2D eigenvalue weighted by Gasteiger charge is -2.29. The number of anilines is 1. The average molecular weight is 281 g/mol. The van der Waals surface area contributed by atoms with E-state index in [2.05, 4.69) is 9.88 Å². The maximum atomic E-state index is 8.92. The molecular weight excluding hydrogens is 264 g/mol. The van der Waals surface area contributed by atoms with Gasteiger partial charge in [-0.1, -0.05) is 11.6 Å². The van der Waals surface area contributed by atoms with E-state index in [-0.39, 0.29) is 5.69 Å². The Morgan fingerprint density at radius 3 is 2.89 bits per heavy atom. The van der Waals surface area contributed by atoms with E-state index in [0.29, 0.717) is 5.02 Å². The summed E-state index contributed by atoms with van der Waals surface area (Å²) in [7, 11) is 1.97. The van der Waals surface area contributed by atoms with Crippen molar-refractivity contribution in [2.75, 3.05) is 51.3 Å². The Bertz CT molecular complexity index is 468. The summed E-state index contributed by atoms with van der Waals surface area (Å²) in [6, 6.07) is 5.55. The Hall–Kier alpha value is -1.35. The first-order chi connectivity index (χ1) is 9.20. The largest absolute Gasteiger partial charge is 0.379 e. The molecule has 0 bridgehead atoms. The lowest BCUT2D eigenvalue weighted by atomic mass is 10.3. The van der Waals surface area contributed by atoms with Crippen LogP contribution in [0.1, 0.15) is 5.69 Å². The van der Waals surface area contributed by atoms with Gasteiger partial charge in [0, 0.05) is 33.2 Å². The van der Waals surface area contributed by atoms with Crippen molar-refractivity contribution in [1.29, 1.82) is 5.26 Å². The second kappa shape index (κ2) is 6.71. The maximum Gasteiger partial charge on any atom is 0.161 e. The number of nitrogens with zero attached hydrogens (tertiary/aromatic N) is 4. The Morgan fingerprint density at radius 2 is 2.21 bits per heavy atom. The first-order valence-corrected chi connectivity index (χ1v) is 6.66. The van der Waals surface area contributed by atoms with E-state index in [1.807, 2.05) is 24.1 Å². The third-order valence-electron chi connectivity index (χ3n) is 3.18. The molecule has 1 aromatic rings. The highest BCUT2D eigenvalue weighted by molar-refractivity contribution is 6.31. The quantitative estimate of drug-likeness (QED) is 0.834. The molecule has 1 saturated heterocycles. The molecule has 0 N–H and O–H groups in total. The lowest BCUT2D eigenvalue weighted by Crippen LogP contribution is -2.40. The molecule has 1 fully saturated rings. The highest BCUT2D eigenvalue weighted by atomic mass is 35.5. The molecule has 19 heavy (non-hydrogen) atoms. The zero-order valence-electron chi connectivity index (χ0n) is 11.0. The van der Waals surface area contributed by atoms with Crippen LogP contribution in [-0.2, 0) is 4.74 Å². The molecule has 0 amide bonds. The first kappa shape index (κ1) is 14.1. The molecule has 5 nitrogen and oxygen atoms in total. The zero-order chi connectivity index (χ0) is 13.7. The molecule has 102 valence electrons. The molecule has 0 aromatic carbocycles. The first-order valence-electron chi connectivity index (χ1n) is 6.28. The van der Waals surface area contributed by atoms with Crippen molar-refractivity contribution in [1.82, 2.24) is 9.88 Å². The summed E-state index contributed by atoms with van der Waals surface area (Å²) >= 11 is 5.87. The predicted octanol–water partition coefficient (Wildman–Crippen LogP) is 1.38. The number of pyridine rings is 1. The normalized spacial score (nSPS) is 16.1. The van der Waals surface area contributed by atoms with Crippen LogP contribution in [0.25, 0.3) is 0 Å². The summed E-state index contributed by atoms with van der Waals surface area (Å²) in [5, 5.41) is 9.32. The van der Waals surface area contributed by atoms with E-state index >= 15 is 0 Å². The second-order valence-electron chi connectivity index (χ2n) is 4.49. The van der Waals surface area contributed by atoms with Gasteiger partial charge in [0.25, 0.3) is 0 Å². The molecule has 1 aliphatic heterocycles. The standard InChI is InChI=1S/C13H17ClN4O/c1-17(4-5-18-6-8-19-9-7-18)13-3-2-11(14)12(10-15)16-13/h2-3H,4-9H2,1H3. The summed E-state index contributed by atoms with van der Waals surface area (Å²) in [5.74, 6) is 0.772. The summed E-state index contributed by atoms with van der Waals surface area (Å²) in [4.78, 5) is 8.64. The van der Waals surface area contributed by atoms with Crippen LogP contribution in [0.5, 0.6) is 0 Å². The van der Waals surface area contributed by atoms with Crippen molar-refractivity contribution in [3.05, 3.63) is 22.8 Å². The van der Waals surface area contributed by atoms with Crippen molar-refractivity contribution < 1.29 is 4.74 Å². The summed E-state index contributed by atoms with van der Waals surface area (Å²) in [6.07, 6.45) is 0. The molecule has 0 unspecified atom stereocenters. The number of rotatable bonds is 4. The molecular formula is C13H17ClN4O. The maximum absolute atomic E-state index is 8.92. The van der Waals surface area contributed by atoms with E-state index < -0.39 is 0 Å². The third kappa shape index (κ3) is 3.80. The van der Waals surface area contributed by atoms with Gasteiger partial charge in [-0.2, -0.15) is 5.26 Å². The lowest BCUT2D eigenvalue weighted by molar-refractivity contribution is 0.0393. The molecule has 6 heteroatoms. The highest BCUT2D eigenvalue weighted by Crippen LogP contribution is 2.17. The molecule has 1 aliphatic rings. The number of nitriles is 1. The molecule has 0 spiro atoms. The predicted molar refractivity (Wildman–Crippen MR) is 74.5 cm³/mol. The molecule has 0 saturated carbocycles. The number of aromatic nitrogens is 1. The van der Waals surface area contributed by atoms with Gasteiger partial charge in [0.1, 0.15) is 11.9 Å². The highest BCUT2D eigenvalue weighted by Gasteiger charge is 2.12. The minimum atomic E-state index is 0.275. The number of ether oxygens (including phenoxy) is 1. The van der Waals surface area contributed by atoms with Gasteiger partial charge in [-0.15, -0.1) is 0 Å². The molecule has 1 aromatic heterocycles. The van der Waals surface area contributed by atoms with Crippen LogP contribution in [0.2, 0.25) is 5.02 Å². The topological polar surface area (TPSA) is 52.4 Å². The van der Waals surface area contributed by atoms with Crippen LogP contribution < -0.4 is 4.90 Å². The molecule has 2 heterocycles. The minimum absolute atomic E-state index is 0.275. The summed E-state index contributed by atoms with van der Waals surface area (Å²) < 4.78 is 5.32. The fraction of sp³-hybridized carbons (Fsp3) is 0.538. The van der Waals surface area contributed by atoms with Crippen molar-refractivity contribution in [3.63, 3.8) is 0 Å². The SMILES string of the molecule is CN(CCN1CCOCC1)c1ccc(Cl)c(C#N)n1. The Balaban J connectivity index is 1.92. The van der Waals surface area contributed by atoms with Gasteiger partial charge in [-0.25, -0.2) is 4.98 Å². The summed E-state index contributed by atoms with van der Waals surface area (Å²) in [6.45, 7) is 5.39. The van der Waals surface area contributed by atoms with Gasteiger partial charge < -0.3 is 9.64 Å². The Labute approximate surface area is 118 Å². The van der Waals surface area contributed by atoms with Crippen molar-refractivity contribution in [3.8, 4) is 6.07 Å². The van der Waals surface area contributed by atoms with Gasteiger partial charge in [-0.05, 0) is 12.1 Å². The van der Waals surface area contributed by atoms with Crippen LogP contribution in [0.3, 0.4) is 0 Å². The van der Waals surface area contributed by atoms with Gasteiger partial charge >= 0.3 is 0 Å². The van der Waals surface area contributed by atoms with Crippen molar-refractivity contribution >= 4 is 17.4 Å². The van der Waals surface area contributed by atoms with Gasteiger partial charge in [0.15, 0.2) is 5.69 Å². The molecule has 2 rings (SSSR count). The van der Waals surface area contributed by atoms with Crippen molar-refractivity contribution in [2.24, 2.45) is 0 Å². The molecule has 0 radical (unpaired) electrons. The molecule has 0 atom stereocenters. The van der Waals surface area contributed by atoms with Crippen LogP contribution in [-0.4, -0.2) is 56.3 Å². The van der Waals surface area contributed by atoms with Crippen LogP contribution >= 0.6 is 11.6 Å². The number of hydrogen-bond acceptors (Lipinski definition) is 5. The minimum Gasteiger partial charge on any atom is -0.379 e. The Kier molecular flexibility index (Phi) is 4.97. The van der Waals surface area contributed by atoms with Crippen LogP contribution in [0.4, 0.5) is 5.82 Å². The van der Waals surface area contributed by atoms with E-state index in [9.17, 15) is 0 Å². The van der Waals surface area contributed by atoms with Crippen LogP contribution in [0.15, 0.2) is 12.1 Å². The van der Waals surface area contributed by atoms with Crippen LogP contribution in [0, 0.1) is 11.3 Å². The van der Waals surface area contributed by atoms with Gasteiger partial charge in [0.2, 0.25) is 0 Å². The Morgan fingerprint density at radius 1 is 1.47 bits per heavy atom. The fourth-order valence-corrected chi connectivity index (χ4v) is 2.10. The van der Waals surface area contributed by atoms with Crippen molar-refractivity contribution in [2.45, 2.75) is 0 Å². The van der Waals surface area contributed by atoms with E-state index in [0.717, 1.165) is 45.2 Å².